The lowest BCUT2D eigenvalue weighted by Gasteiger charge is -2.39. The lowest BCUT2D eigenvalue weighted by Crippen LogP contribution is -2.66. The van der Waals surface area contributed by atoms with Crippen LogP contribution in [0.2, 0.25) is 0 Å². The minimum Gasteiger partial charge on any atom is -0.508 e. The summed E-state index contributed by atoms with van der Waals surface area (Å²) in [5.74, 6) is 0.502. The van der Waals surface area contributed by atoms with Crippen LogP contribution in [0.15, 0.2) is 91.1 Å². The fourth-order valence-corrected chi connectivity index (χ4v) is 6.38. The molecule has 0 aliphatic carbocycles. The van der Waals surface area contributed by atoms with E-state index in [4.69, 9.17) is 0 Å². The number of nitrogens with one attached hydrogen (secondary N) is 5. The first-order valence-electron chi connectivity index (χ1n) is 16.1. The number of phenolic OH excluding ortho intramolecular Hbond substituents is 1. The van der Waals surface area contributed by atoms with Gasteiger partial charge in [0, 0.05) is 38.9 Å². The van der Waals surface area contributed by atoms with Crippen molar-refractivity contribution in [1.82, 2.24) is 26.1 Å². The Morgan fingerprint density at radius 3 is 2.53 bits per heavy atom. The molecule has 0 saturated carbocycles. The minimum atomic E-state index is -0.468. The second-order valence-electron chi connectivity index (χ2n) is 12.1. The maximum absolute atomic E-state index is 13.9. The molecule has 2 amide bonds. The number of aromatic hydroxyl groups is 1. The number of likely N-dealkylation sites (N-methyl/N-ethyl adjacent to an activating group) is 1. The third-order valence-electron chi connectivity index (χ3n) is 8.63. The zero-order valence-electron chi connectivity index (χ0n) is 26.7. The van der Waals surface area contributed by atoms with Gasteiger partial charge in [-0.25, -0.2) is 10.4 Å². The summed E-state index contributed by atoms with van der Waals surface area (Å²) in [5, 5.41) is 19.4. The molecule has 2 aliphatic heterocycles. The number of nitrogens with zero attached hydrogens (tertiary/aromatic N) is 3. The van der Waals surface area contributed by atoms with E-state index in [2.05, 4.69) is 48.8 Å². The van der Waals surface area contributed by atoms with Crippen molar-refractivity contribution in [2.75, 3.05) is 42.2 Å². The number of fused-ring (bicyclic) bond motifs is 1. The molecule has 0 spiro atoms. The molecule has 0 radical (unpaired) electrons. The summed E-state index contributed by atoms with van der Waals surface area (Å²) in [7, 11) is 1.99. The molecule has 4 aromatic rings. The van der Waals surface area contributed by atoms with Crippen molar-refractivity contribution in [1.29, 1.82) is 0 Å². The number of piperazine rings is 1. The van der Waals surface area contributed by atoms with Gasteiger partial charge in [-0.15, -0.1) is 0 Å². The summed E-state index contributed by atoms with van der Waals surface area (Å²) in [5.41, 5.74) is 12.4. The third-order valence-corrected chi connectivity index (χ3v) is 8.63. The Hall–Kier alpha value is -4.97. The fraction of sp³-hybridized carbons (Fsp3) is 0.306. The standard InChI is InChI=1S/C36H42N8O3/c1-3-37-32-17-14-27(20-38-32)40-35(46)30-22-43(2)34-26(10-7-11-29(30)34)21-44-23-33(42-39-19-25-8-5-4-6-9-25)41-31(36(44)47)18-24-12-15-28(45)16-13-24/h4-17,20,30-31,33,39,41-42,45H,3,18-19,21-23H2,1-2H3,(H,37,38)(H,40,46). The van der Waals surface area contributed by atoms with Crippen molar-refractivity contribution in [3.8, 4) is 5.75 Å². The summed E-state index contributed by atoms with van der Waals surface area (Å²) < 4.78 is 0. The van der Waals surface area contributed by atoms with E-state index in [1.54, 1.807) is 18.3 Å². The van der Waals surface area contributed by atoms with Crippen molar-refractivity contribution in [2.24, 2.45) is 0 Å². The fourth-order valence-electron chi connectivity index (χ4n) is 6.38. The molecule has 47 heavy (non-hydrogen) atoms. The first kappa shape index (κ1) is 32.0. The number of carbonyl (C=O) groups is 2. The number of hydrogen-bond donors (Lipinski definition) is 6. The Balaban J connectivity index is 1.18. The van der Waals surface area contributed by atoms with Gasteiger partial charge < -0.3 is 25.5 Å². The molecule has 11 heteroatoms. The van der Waals surface area contributed by atoms with Crippen LogP contribution in [0.3, 0.4) is 0 Å². The molecule has 1 aromatic heterocycles. The molecule has 2 aliphatic rings. The van der Waals surface area contributed by atoms with Crippen molar-refractivity contribution in [3.05, 3.63) is 113 Å². The highest BCUT2D eigenvalue weighted by molar-refractivity contribution is 5.98. The van der Waals surface area contributed by atoms with Crippen molar-refractivity contribution in [3.63, 3.8) is 0 Å². The highest BCUT2D eigenvalue weighted by Gasteiger charge is 2.37. The van der Waals surface area contributed by atoms with Gasteiger partial charge in [0.25, 0.3) is 0 Å². The van der Waals surface area contributed by atoms with Gasteiger partial charge in [-0.2, -0.15) is 0 Å². The molecule has 3 atom stereocenters. The maximum Gasteiger partial charge on any atom is 0.240 e. The van der Waals surface area contributed by atoms with Crippen LogP contribution in [0, 0.1) is 0 Å². The summed E-state index contributed by atoms with van der Waals surface area (Å²) in [4.78, 5) is 35.8. The van der Waals surface area contributed by atoms with Crippen LogP contribution >= 0.6 is 0 Å². The quantitative estimate of drug-likeness (QED) is 0.130. The smallest absolute Gasteiger partial charge is 0.240 e. The number of hydrogen-bond acceptors (Lipinski definition) is 9. The SMILES string of the molecule is CCNc1ccc(NC(=O)C2CN(C)c3c(CN4CC(NNCc5ccccc5)NC(Cc5ccc(O)cc5)C4=O)cccc32)cn1. The van der Waals surface area contributed by atoms with E-state index >= 15 is 0 Å². The molecule has 6 N–H and O–H groups in total. The number of para-hydroxylation sites is 1. The normalized spacial score (nSPS) is 19.0. The number of amides is 2. The third kappa shape index (κ3) is 7.71. The van der Waals surface area contributed by atoms with Crippen LogP contribution in [0.1, 0.15) is 35.1 Å². The Morgan fingerprint density at radius 2 is 1.79 bits per heavy atom. The van der Waals surface area contributed by atoms with E-state index in [0.717, 1.165) is 40.3 Å². The Morgan fingerprint density at radius 1 is 0.979 bits per heavy atom. The number of pyridine rings is 1. The second-order valence-corrected chi connectivity index (χ2v) is 12.1. The Kier molecular flexibility index (Phi) is 9.96. The average molecular weight is 635 g/mol. The monoisotopic (exact) mass is 634 g/mol. The number of hydrazine groups is 1. The molecule has 6 rings (SSSR count). The van der Waals surface area contributed by atoms with Gasteiger partial charge in [0.2, 0.25) is 11.8 Å². The lowest BCUT2D eigenvalue weighted by molar-refractivity contribution is -0.138. The summed E-state index contributed by atoms with van der Waals surface area (Å²) in [6, 6.07) is 26.3. The molecule has 3 unspecified atom stereocenters. The van der Waals surface area contributed by atoms with Gasteiger partial charge in [-0.1, -0.05) is 60.7 Å². The highest BCUT2D eigenvalue weighted by Crippen LogP contribution is 2.39. The minimum absolute atomic E-state index is 0.000222. The van der Waals surface area contributed by atoms with Gasteiger partial charge in [0.15, 0.2) is 0 Å². The van der Waals surface area contributed by atoms with Crippen LogP contribution in [0.5, 0.6) is 5.75 Å². The molecule has 11 nitrogen and oxygen atoms in total. The summed E-state index contributed by atoms with van der Waals surface area (Å²) in [6.07, 6.45) is 1.93. The number of benzene rings is 3. The van der Waals surface area contributed by atoms with E-state index < -0.39 is 6.04 Å². The van der Waals surface area contributed by atoms with Crippen LogP contribution in [0.25, 0.3) is 0 Å². The molecular formula is C36H42N8O3. The first-order chi connectivity index (χ1) is 22.9. The first-order valence-corrected chi connectivity index (χ1v) is 16.1. The zero-order valence-corrected chi connectivity index (χ0v) is 26.7. The number of carbonyl (C=O) groups excluding carboxylic acids is 2. The maximum atomic E-state index is 13.9. The van der Waals surface area contributed by atoms with Crippen LogP contribution in [-0.2, 0) is 29.1 Å². The van der Waals surface area contributed by atoms with Gasteiger partial charge in [0.05, 0.1) is 36.6 Å². The van der Waals surface area contributed by atoms with E-state index in [0.29, 0.717) is 38.3 Å². The van der Waals surface area contributed by atoms with Gasteiger partial charge >= 0.3 is 0 Å². The molecule has 0 bridgehead atoms. The van der Waals surface area contributed by atoms with Crippen molar-refractivity contribution >= 4 is 29.0 Å². The zero-order chi connectivity index (χ0) is 32.8. The predicted molar refractivity (Wildman–Crippen MR) is 184 cm³/mol. The second kappa shape index (κ2) is 14.6. The topological polar surface area (TPSA) is 134 Å². The molecule has 1 saturated heterocycles. The lowest BCUT2D eigenvalue weighted by atomic mass is 9.97. The van der Waals surface area contributed by atoms with E-state index in [9.17, 15) is 14.7 Å². The molecular weight excluding hydrogens is 592 g/mol. The Labute approximate surface area is 275 Å². The van der Waals surface area contributed by atoms with E-state index in [1.807, 2.05) is 79.5 Å². The Bertz CT molecular complexity index is 1670. The number of anilines is 3. The molecule has 3 aromatic carbocycles. The van der Waals surface area contributed by atoms with Crippen LogP contribution < -0.4 is 31.7 Å². The van der Waals surface area contributed by atoms with Crippen molar-refractivity contribution in [2.45, 2.75) is 44.6 Å². The number of phenols is 1. The summed E-state index contributed by atoms with van der Waals surface area (Å²) in [6.45, 7) is 4.79. The average Bonchev–Trinajstić information content (AvgIpc) is 3.43. The molecule has 244 valence electrons. The molecule has 3 heterocycles. The summed E-state index contributed by atoms with van der Waals surface area (Å²) >= 11 is 0. The number of aromatic nitrogens is 1. The van der Waals surface area contributed by atoms with Crippen LogP contribution in [-0.4, -0.2) is 65.7 Å². The highest BCUT2D eigenvalue weighted by atomic mass is 16.3. The van der Waals surface area contributed by atoms with Crippen molar-refractivity contribution < 1.29 is 14.7 Å². The van der Waals surface area contributed by atoms with E-state index in [1.165, 1.54) is 0 Å². The van der Waals surface area contributed by atoms with Gasteiger partial charge in [-0.05, 0) is 59.9 Å². The van der Waals surface area contributed by atoms with E-state index in [-0.39, 0.29) is 29.6 Å². The van der Waals surface area contributed by atoms with Crippen LogP contribution in [0.4, 0.5) is 17.2 Å². The van der Waals surface area contributed by atoms with Gasteiger partial charge in [-0.3, -0.25) is 20.3 Å². The van der Waals surface area contributed by atoms with Gasteiger partial charge in [0.1, 0.15) is 11.6 Å². The predicted octanol–water partition coefficient (Wildman–Crippen LogP) is 3.55. The molecule has 1 fully saturated rings. The number of rotatable bonds is 12. The largest absolute Gasteiger partial charge is 0.508 e.